The molecule has 0 spiro atoms. The van der Waals surface area contributed by atoms with Crippen molar-refractivity contribution in [2.45, 2.75) is 0 Å². The molecule has 1 aromatic carbocycles. The van der Waals surface area contributed by atoms with Gasteiger partial charge in [0.25, 0.3) is 5.91 Å². The van der Waals surface area contributed by atoms with Gasteiger partial charge in [-0.15, -0.1) is 0 Å². The van der Waals surface area contributed by atoms with Gasteiger partial charge in [0.05, 0.1) is 5.69 Å². The molecule has 1 heterocycles. The number of hydrogen-bond donors (Lipinski definition) is 3. The van der Waals surface area contributed by atoms with Gasteiger partial charge in [0, 0.05) is 5.56 Å². The molecule has 4 N–H and O–H groups in total. The van der Waals surface area contributed by atoms with E-state index in [2.05, 4.69) is 15.7 Å². The topological polar surface area (TPSA) is 80.0 Å². The van der Waals surface area contributed by atoms with Crippen LogP contribution < -0.4 is 16.6 Å². The zero-order valence-corrected chi connectivity index (χ0v) is 10.7. The normalized spacial score (nSPS) is 10.2. The molecule has 0 fully saturated rings. The van der Waals surface area contributed by atoms with Crippen LogP contribution in [-0.2, 0) is 0 Å². The second kappa shape index (κ2) is 5.81. The molecule has 5 nitrogen and oxygen atoms in total. The molecule has 0 aliphatic carbocycles. The fourth-order valence-electron chi connectivity index (χ4n) is 1.50. The number of nitrogen functional groups attached to an aromatic ring is 1. The van der Waals surface area contributed by atoms with Gasteiger partial charge in [-0.1, -0.05) is 17.7 Å². The Hall–Kier alpha value is -2.25. The second-order valence-electron chi connectivity index (χ2n) is 3.76. The number of hydrazine groups is 1. The predicted octanol–water partition coefficient (Wildman–Crippen LogP) is 2.55. The summed E-state index contributed by atoms with van der Waals surface area (Å²) >= 11 is 5.71. The molecule has 2 rings (SSSR count). The van der Waals surface area contributed by atoms with E-state index in [4.69, 9.17) is 17.4 Å². The summed E-state index contributed by atoms with van der Waals surface area (Å²) < 4.78 is 26.5. The SMILES string of the molecule is NNc1cc(C(=O)Nc2cccc(F)c2F)cc(Cl)n1. The summed E-state index contributed by atoms with van der Waals surface area (Å²) in [4.78, 5) is 15.7. The Morgan fingerprint density at radius 1 is 1.30 bits per heavy atom. The predicted molar refractivity (Wildman–Crippen MR) is 71.4 cm³/mol. The summed E-state index contributed by atoms with van der Waals surface area (Å²) in [5, 5.41) is 2.27. The van der Waals surface area contributed by atoms with Crippen LogP contribution in [-0.4, -0.2) is 10.9 Å². The average molecular weight is 299 g/mol. The van der Waals surface area contributed by atoms with Crippen molar-refractivity contribution >= 4 is 29.0 Å². The van der Waals surface area contributed by atoms with Crippen molar-refractivity contribution in [3.63, 3.8) is 0 Å². The average Bonchev–Trinajstić information content (AvgIpc) is 2.43. The van der Waals surface area contributed by atoms with E-state index in [9.17, 15) is 13.6 Å². The lowest BCUT2D eigenvalue weighted by molar-refractivity contribution is 0.102. The van der Waals surface area contributed by atoms with Gasteiger partial charge in [0.2, 0.25) is 0 Å². The molecule has 104 valence electrons. The van der Waals surface area contributed by atoms with Crippen molar-refractivity contribution < 1.29 is 13.6 Å². The maximum atomic E-state index is 13.4. The van der Waals surface area contributed by atoms with E-state index in [0.717, 1.165) is 6.07 Å². The van der Waals surface area contributed by atoms with E-state index in [0.29, 0.717) is 0 Å². The third-order valence-electron chi connectivity index (χ3n) is 2.40. The molecule has 0 atom stereocenters. The molecule has 2 aromatic rings. The highest BCUT2D eigenvalue weighted by atomic mass is 35.5. The number of halogens is 3. The molecular formula is C12H9ClF2N4O. The lowest BCUT2D eigenvalue weighted by Gasteiger charge is -2.08. The number of carbonyl (C=O) groups excluding carboxylic acids is 1. The number of pyridine rings is 1. The van der Waals surface area contributed by atoms with Crippen molar-refractivity contribution in [2.75, 3.05) is 10.7 Å². The van der Waals surface area contributed by atoms with Crippen LogP contribution in [0.25, 0.3) is 0 Å². The minimum absolute atomic E-state index is 0.0327. The summed E-state index contributed by atoms with van der Waals surface area (Å²) in [6.45, 7) is 0. The molecule has 0 aliphatic heterocycles. The fourth-order valence-corrected chi connectivity index (χ4v) is 1.71. The number of nitrogens with two attached hydrogens (primary N) is 1. The van der Waals surface area contributed by atoms with Crippen molar-refractivity contribution in [1.29, 1.82) is 0 Å². The molecule has 0 saturated heterocycles. The number of rotatable bonds is 3. The van der Waals surface area contributed by atoms with E-state index < -0.39 is 17.5 Å². The number of carbonyl (C=O) groups is 1. The van der Waals surface area contributed by atoms with E-state index in [-0.39, 0.29) is 22.2 Å². The first kappa shape index (κ1) is 14.2. The fraction of sp³-hybridized carbons (Fsp3) is 0. The molecule has 0 bridgehead atoms. The summed E-state index contributed by atoms with van der Waals surface area (Å²) in [6.07, 6.45) is 0. The summed E-state index contributed by atoms with van der Waals surface area (Å²) in [5.41, 5.74) is 2.06. The Balaban J connectivity index is 2.28. The van der Waals surface area contributed by atoms with E-state index in [1.165, 1.54) is 24.3 Å². The number of amides is 1. The number of benzene rings is 1. The van der Waals surface area contributed by atoms with Crippen molar-refractivity contribution in [3.8, 4) is 0 Å². The molecular weight excluding hydrogens is 290 g/mol. The highest BCUT2D eigenvalue weighted by molar-refractivity contribution is 6.30. The minimum atomic E-state index is -1.14. The zero-order valence-electron chi connectivity index (χ0n) is 9.95. The quantitative estimate of drug-likeness (QED) is 0.462. The van der Waals surface area contributed by atoms with Crippen LogP contribution in [0.4, 0.5) is 20.3 Å². The smallest absolute Gasteiger partial charge is 0.255 e. The van der Waals surface area contributed by atoms with Gasteiger partial charge >= 0.3 is 0 Å². The minimum Gasteiger partial charge on any atom is -0.319 e. The van der Waals surface area contributed by atoms with Crippen LogP contribution in [0.5, 0.6) is 0 Å². The monoisotopic (exact) mass is 298 g/mol. The first-order valence-electron chi connectivity index (χ1n) is 5.41. The lowest BCUT2D eigenvalue weighted by atomic mass is 10.2. The van der Waals surface area contributed by atoms with Crippen LogP contribution in [0.15, 0.2) is 30.3 Å². The van der Waals surface area contributed by atoms with Gasteiger partial charge in [-0.25, -0.2) is 19.6 Å². The Bertz CT molecular complexity index is 666. The molecule has 1 aromatic heterocycles. The van der Waals surface area contributed by atoms with E-state index >= 15 is 0 Å². The molecule has 0 saturated carbocycles. The molecule has 1 amide bonds. The number of aromatic nitrogens is 1. The van der Waals surface area contributed by atoms with Crippen molar-refractivity contribution in [2.24, 2.45) is 5.84 Å². The lowest BCUT2D eigenvalue weighted by Crippen LogP contribution is -2.15. The Morgan fingerprint density at radius 3 is 2.75 bits per heavy atom. The molecule has 0 radical (unpaired) electrons. The van der Waals surface area contributed by atoms with Crippen LogP contribution in [0.2, 0.25) is 5.15 Å². The summed E-state index contributed by atoms with van der Waals surface area (Å²) in [7, 11) is 0. The molecule has 8 heteroatoms. The van der Waals surface area contributed by atoms with Crippen molar-refractivity contribution in [1.82, 2.24) is 4.98 Å². The van der Waals surface area contributed by atoms with Gasteiger partial charge in [-0.2, -0.15) is 0 Å². The summed E-state index contributed by atoms with van der Waals surface area (Å²) in [6, 6.07) is 6.06. The molecule has 0 aliphatic rings. The number of nitrogens with zero attached hydrogens (tertiary/aromatic N) is 1. The third kappa shape index (κ3) is 3.01. The van der Waals surface area contributed by atoms with E-state index in [1.807, 2.05) is 0 Å². The van der Waals surface area contributed by atoms with Gasteiger partial charge in [-0.3, -0.25) is 4.79 Å². The molecule has 0 unspecified atom stereocenters. The van der Waals surface area contributed by atoms with Gasteiger partial charge in [-0.05, 0) is 24.3 Å². The highest BCUT2D eigenvalue weighted by Crippen LogP contribution is 2.19. The van der Waals surface area contributed by atoms with Crippen LogP contribution in [0.1, 0.15) is 10.4 Å². The molecule has 20 heavy (non-hydrogen) atoms. The zero-order chi connectivity index (χ0) is 14.7. The summed E-state index contributed by atoms with van der Waals surface area (Å²) in [5.74, 6) is 2.47. The highest BCUT2D eigenvalue weighted by Gasteiger charge is 2.13. The third-order valence-corrected chi connectivity index (χ3v) is 2.60. The Labute approximate surface area is 117 Å². The Morgan fingerprint density at radius 2 is 2.05 bits per heavy atom. The maximum absolute atomic E-state index is 13.4. The van der Waals surface area contributed by atoms with Crippen molar-refractivity contribution in [3.05, 3.63) is 52.7 Å². The first-order valence-corrected chi connectivity index (χ1v) is 5.78. The second-order valence-corrected chi connectivity index (χ2v) is 4.15. The largest absolute Gasteiger partial charge is 0.319 e. The van der Waals surface area contributed by atoms with Gasteiger partial charge in [0.1, 0.15) is 11.0 Å². The van der Waals surface area contributed by atoms with Gasteiger partial charge in [0.15, 0.2) is 11.6 Å². The Kier molecular flexibility index (Phi) is 4.11. The van der Waals surface area contributed by atoms with Crippen LogP contribution >= 0.6 is 11.6 Å². The van der Waals surface area contributed by atoms with Crippen LogP contribution in [0, 0.1) is 11.6 Å². The van der Waals surface area contributed by atoms with Crippen LogP contribution in [0.3, 0.4) is 0 Å². The number of hydrogen-bond acceptors (Lipinski definition) is 4. The number of anilines is 2. The standard InChI is InChI=1S/C12H9ClF2N4O/c13-9-4-6(5-10(18-9)19-16)12(20)17-8-3-1-2-7(14)11(8)15/h1-5H,16H2,(H,17,20)(H,18,19). The number of nitrogens with one attached hydrogen (secondary N) is 2. The first-order chi connectivity index (χ1) is 9.51. The maximum Gasteiger partial charge on any atom is 0.255 e. The van der Waals surface area contributed by atoms with E-state index in [1.54, 1.807) is 0 Å². The van der Waals surface area contributed by atoms with Gasteiger partial charge < -0.3 is 10.7 Å².